The van der Waals surface area contributed by atoms with Crippen molar-refractivity contribution in [1.82, 2.24) is 4.98 Å². The predicted octanol–water partition coefficient (Wildman–Crippen LogP) is 2.30. The highest BCUT2D eigenvalue weighted by molar-refractivity contribution is 9.10. The number of fused-ring (bicyclic) bond motifs is 1. The minimum Gasteiger partial charge on any atom is -0.480 e. The lowest BCUT2D eigenvalue weighted by atomic mass is 10.1. The summed E-state index contributed by atoms with van der Waals surface area (Å²) in [4.78, 5) is 30.1. The molecule has 0 N–H and O–H groups in total. The molecule has 0 radical (unpaired) electrons. The number of amides is 1. The van der Waals surface area contributed by atoms with Crippen LogP contribution in [-0.4, -0.2) is 35.6 Å². The summed E-state index contributed by atoms with van der Waals surface area (Å²) in [5, 5.41) is 0. The van der Waals surface area contributed by atoms with E-state index in [0.29, 0.717) is 22.6 Å². The highest BCUT2D eigenvalue weighted by Crippen LogP contribution is 2.33. The van der Waals surface area contributed by atoms with Crippen LogP contribution in [0.5, 0.6) is 5.75 Å². The van der Waals surface area contributed by atoms with Crippen LogP contribution in [0.2, 0.25) is 0 Å². The second-order valence-corrected chi connectivity index (χ2v) is 5.73. The van der Waals surface area contributed by atoms with Crippen molar-refractivity contribution in [2.75, 3.05) is 11.5 Å². The number of ether oxygens (including phenoxy) is 2. The quantitative estimate of drug-likeness (QED) is 0.611. The minimum absolute atomic E-state index is 0.109. The molecule has 0 spiro atoms. The zero-order valence-corrected chi connectivity index (χ0v) is 13.7. The Hall–Kier alpha value is -1.63. The molecule has 0 fully saturated rings. The summed E-state index contributed by atoms with van der Waals surface area (Å²) in [7, 11) is 0. The number of esters is 1. The van der Waals surface area contributed by atoms with E-state index < -0.39 is 12.0 Å². The summed E-state index contributed by atoms with van der Waals surface area (Å²) in [5.74, 6) is 0.0814. The molecule has 1 aliphatic rings. The number of pyridine rings is 1. The summed E-state index contributed by atoms with van der Waals surface area (Å²) < 4.78 is 11.2. The highest BCUT2D eigenvalue weighted by Gasteiger charge is 2.37. The summed E-state index contributed by atoms with van der Waals surface area (Å²) >= 11 is 3.27. The Morgan fingerprint density at radius 2 is 2.24 bits per heavy atom. The number of hydrogen-bond donors (Lipinski definition) is 0. The lowest BCUT2D eigenvalue weighted by molar-refractivity contribution is -0.150. The Morgan fingerprint density at radius 1 is 1.52 bits per heavy atom. The van der Waals surface area contributed by atoms with E-state index in [2.05, 4.69) is 20.9 Å². The van der Waals surface area contributed by atoms with Gasteiger partial charge in [0.2, 0.25) is 0 Å². The summed E-state index contributed by atoms with van der Waals surface area (Å²) in [6.45, 7) is 5.26. The van der Waals surface area contributed by atoms with Crippen LogP contribution in [-0.2, 0) is 14.3 Å². The van der Waals surface area contributed by atoms with E-state index in [1.807, 2.05) is 6.92 Å². The van der Waals surface area contributed by atoms with Crippen molar-refractivity contribution in [2.24, 2.45) is 0 Å². The van der Waals surface area contributed by atoms with Crippen molar-refractivity contribution < 1.29 is 19.1 Å². The van der Waals surface area contributed by atoms with Crippen LogP contribution < -0.4 is 9.64 Å². The predicted molar refractivity (Wildman–Crippen MR) is 80.2 cm³/mol. The highest BCUT2D eigenvalue weighted by atomic mass is 79.9. The van der Waals surface area contributed by atoms with E-state index in [1.54, 1.807) is 26.0 Å². The van der Waals surface area contributed by atoms with Gasteiger partial charge in [-0.25, -0.2) is 9.78 Å². The lowest BCUT2D eigenvalue weighted by Crippen LogP contribution is -2.50. The first-order valence-corrected chi connectivity index (χ1v) is 7.55. The third kappa shape index (κ3) is 3.34. The topological polar surface area (TPSA) is 68.7 Å². The van der Waals surface area contributed by atoms with Crippen molar-refractivity contribution in [3.63, 3.8) is 0 Å². The molecule has 1 amide bonds. The third-order valence-corrected chi connectivity index (χ3v) is 3.42. The molecule has 1 atom stereocenters. The van der Waals surface area contributed by atoms with E-state index >= 15 is 0 Å². The average Bonchev–Trinajstić information content (AvgIpc) is 2.41. The maximum absolute atomic E-state index is 12.2. The molecule has 1 aromatic rings. The number of anilines is 1. The van der Waals surface area contributed by atoms with Crippen LogP contribution >= 0.6 is 15.9 Å². The van der Waals surface area contributed by atoms with E-state index in [9.17, 15) is 9.59 Å². The van der Waals surface area contributed by atoms with Gasteiger partial charge in [0, 0.05) is 0 Å². The largest absolute Gasteiger partial charge is 0.480 e. The van der Waals surface area contributed by atoms with Crippen LogP contribution in [0.1, 0.15) is 27.2 Å². The molecule has 6 nitrogen and oxygen atoms in total. The van der Waals surface area contributed by atoms with Gasteiger partial charge >= 0.3 is 5.97 Å². The maximum Gasteiger partial charge on any atom is 0.329 e. The molecule has 2 rings (SSSR count). The van der Waals surface area contributed by atoms with Crippen molar-refractivity contribution in [1.29, 1.82) is 0 Å². The molecule has 114 valence electrons. The van der Waals surface area contributed by atoms with Gasteiger partial charge < -0.3 is 9.47 Å². The Kier molecular flexibility index (Phi) is 4.82. The second kappa shape index (κ2) is 6.43. The van der Waals surface area contributed by atoms with Gasteiger partial charge in [-0.15, -0.1) is 0 Å². The molecular formula is C14H17BrN2O4. The van der Waals surface area contributed by atoms with E-state index in [4.69, 9.17) is 9.47 Å². The first-order valence-electron chi connectivity index (χ1n) is 6.76. The van der Waals surface area contributed by atoms with Crippen LogP contribution in [0.4, 0.5) is 5.82 Å². The number of rotatable bonds is 4. The number of halogens is 1. The van der Waals surface area contributed by atoms with Gasteiger partial charge in [0.05, 0.1) is 6.10 Å². The van der Waals surface area contributed by atoms with Gasteiger partial charge in [0.15, 0.2) is 18.2 Å². The zero-order valence-electron chi connectivity index (χ0n) is 12.1. The fraction of sp³-hybridized carbons (Fsp3) is 0.500. The van der Waals surface area contributed by atoms with Crippen LogP contribution in [0.15, 0.2) is 16.7 Å². The normalized spacial score (nSPS) is 15.5. The fourth-order valence-electron chi connectivity index (χ4n) is 2.11. The van der Waals surface area contributed by atoms with Crippen LogP contribution in [0, 0.1) is 0 Å². The minimum atomic E-state index is -0.704. The number of carbonyl (C=O) groups excluding carboxylic acids is 2. The van der Waals surface area contributed by atoms with Gasteiger partial charge in [0.1, 0.15) is 10.6 Å². The molecule has 1 aliphatic heterocycles. The van der Waals surface area contributed by atoms with E-state index in [1.165, 1.54) is 4.90 Å². The van der Waals surface area contributed by atoms with E-state index in [0.717, 1.165) is 0 Å². The van der Waals surface area contributed by atoms with Gasteiger partial charge in [0.25, 0.3) is 5.91 Å². The van der Waals surface area contributed by atoms with Gasteiger partial charge in [-0.05, 0) is 48.3 Å². The van der Waals surface area contributed by atoms with Gasteiger partial charge in [-0.1, -0.05) is 6.92 Å². The molecule has 2 heterocycles. The third-order valence-electron chi connectivity index (χ3n) is 2.98. The zero-order chi connectivity index (χ0) is 15.6. The average molecular weight is 357 g/mol. The monoisotopic (exact) mass is 356 g/mol. The maximum atomic E-state index is 12.2. The van der Waals surface area contributed by atoms with Crippen LogP contribution in [0.3, 0.4) is 0 Å². The molecule has 0 bridgehead atoms. The molecule has 0 aromatic carbocycles. The Morgan fingerprint density at radius 3 is 2.86 bits per heavy atom. The van der Waals surface area contributed by atoms with Crippen LogP contribution in [0.25, 0.3) is 0 Å². The number of hydrogen-bond acceptors (Lipinski definition) is 5. The number of aromatic nitrogens is 1. The standard InChI is InChI=1S/C14H17BrN2O4/c1-4-9(14(19)21-8(2)3)17-12(18)7-20-10-5-6-11(15)16-13(10)17/h5-6,8-9H,4,7H2,1-3H3. The molecule has 1 aromatic heterocycles. The lowest BCUT2D eigenvalue weighted by Gasteiger charge is -2.33. The Bertz CT molecular complexity index is 562. The second-order valence-electron chi connectivity index (χ2n) is 4.92. The van der Waals surface area contributed by atoms with Crippen molar-refractivity contribution in [2.45, 2.75) is 39.3 Å². The fourth-order valence-corrected chi connectivity index (χ4v) is 2.41. The molecule has 0 saturated heterocycles. The summed E-state index contributed by atoms with van der Waals surface area (Å²) in [6.07, 6.45) is 0.197. The summed E-state index contributed by atoms with van der Waals surface area (Å²) in [6, 6.07) is 2.73. The van der Waals surface area contributed by atoms with Gasteiger partial charge in [-0.3, -0.25) is 9.69 Å². The van der Waals surface area contributed by atoms with E-state index in [-0.39, 0.29) is 18.6 Å². The van der Waals surface area contributed by atoms with Crippen molar-refractivity contribution in [3.8, 4) is 5.75 Å². The molecule has 0 aliphatic carbocycles. The molecule has 21 heavy (non-hydrogen) atoms. The smallest absolute Gasteiger partial charge is 0.329 e. The molecule has 7 heteroatoms. The molecular weight excluding hydrogens is 340 g/mol. The first kappa shape index (κ1) is 15.8. The SMILES string of the molecule is CCC(C(=O)OC(C)C)N1C(=O)COc2ccc(Br)nc21. The number of carbonyl (C=O) groups is 2. The number of nitrogens with zero attached hydrogens (tertiary/aromatic N) is 2. The Balaban J connectivity index is 2.39. The first-order chi connectivity index (χ1) is 9.93. The summed E-state index contributed by atoms with van der Waals surface area (Å²) in [5.41, 5.74) is 0. The van der Waals surface area contributed by atoms with Crippen molar-refractivity contribution in [3.05, 3.63) is 16.7 Å². The molecule has 1 unspecified atom stereocenters. The van der Waals surface area contributed by atoms with Crippen molar-refractivity contribution >= 4 is 33.6 Å². The van der Waals surface area contributed by atoms with Gasteiger partial charge in [-0.2, -0.15) is 0 Å². The molecule has 0 saturated carbocycles. The Labute approximate surface area is 131 Å².